The fourth-order valence-electron chi connectivity index (χ4n) is 4.52. The Hall–Kier alpha value is -1.35. The highest BCUT2D eigenvalue weighted by molar-refractivity contribution is 14.0. The summed E-state index contributed by atoms with van der Waals surface area (Å²) >= 11 is 0. The van der Waals surface area contributed by atoms with E-state index in [1.54, 1.807) is 0 Å². The zero-order valence-corrected chi connectivity index (χ0v) is 20.4. The van der Waals surface area contributed by atoms with Crippen molar-refractivity contribution in [3.8, 4) is 0 Å². The molecule has 2 N–H and O–H groups in total. The van der Waals surface area contributed by atoms with Gasteiger partial charge in [-0.3, -0.25) is 9.79 Å². The predicted octanol–water partition coefficient (Wildman–Crippen LogP) is 3.16. The highest BCUT2D eigenvalue weighted by Crippen LogP contribution is 2.29. The van der Waals surface area contributed by atoms with Gasteiger partial charge in [-0.1, -0.05) is 18.2 Å². The maximum absolute atomic E-state index is 12.6. The van der Waals surface area contributed by atoms with Crippen molar-refractivity contribution in [3.63, 3.8) is 0 Å². The van der Waals surface area contributed by atoms with E-state index < -0.39 is 0 Å². The summed E-state index contributed by atoms with van der Waals surface area (Å²) in [7, 11) is 0. The molecule has 0 spiro atoms. The SMILES string of the molecule is CCNC(=NCCCC(=O)N1CCc2ccccc21)NC1CCN(C2CC2)CC1.I. The van der Waals surface area contributed by atoms with Gasteiger partial charge in [0.05, 0.1) is 0 Å². The van der Waals surface area contributed by atoms with Crippen LogP contribution in [-0.2, 0) is 11.2 Å². The number of nitrogens with one attached hydrogen (secondary N) is 2. The van der Waals surface area contributed by atoms with E-state index in [0.29, 0.717) is 19.0 Å². The fourth-order valence-corrected chi connectivity index (χ4v) is 4.52. The molecule has 6 nitrogen and oxygen atoms in total. The van der Waals surface area contributed by atoms with Crippen LogP contribution in [0.15, 0.2) is 29.3 Å². The molecule has 1 saturated carbocycles. The molecule has 2 heterocycles. The predicted molar refractivity (Wildman–Crippen MR) is 134 cm³/mol. The Morgan fingerprint density at radius 1 is 1.13 bits per heavy atom. The highest BCUT2D eigenvalue weighted by Gasteiger charge is 2.32. The van der Waals surface area contributed by atoms with E-state index >= 15 is 0 Å². The summed E-state index contributed by atoms with van der Waals surface area (Å²) in [5, 5.41) is 6.97. The molecule has 0 radical (unpaired) electrons. The number of para-hydroxylation sites is 1. The third-order valence-corrected chi connectivity index (χ3v) is 6.28. The lowest BCUT2D eigenvalue weighted by Crippen LogP contribution is -2.49. The molecule has 30 heavy (non-hydrogen) atoms. The number of amides is 1. The first-order chi connectivity index (χ1) is 14.2. The zero-order valence-electron chi connectivity index (χ0n) is 18.1. The van der Waals surface area contributed by atoms with Crippen molar-refractivity contribution in [2.75, 3.05) is 37.6 Å². The lowest BCUT2D eigenvalue weighted by molar-refractivity contribution is -0.118. The van der Waals surface area contributed by atoms with Gasteiger partial charge in [-0.25, -0.2) is 0 Å². The van der Waals surface area contributed by atoms with E-state index in [1.165, 1.54) is 44.3 Å². The average molecular weight is 525 g/mol. The summed E-state index contributed by atoms with van der Waals surface area (Å²) in [5.74, 6) is 1.12. The molecule has 4 rings (SSSR count). The van der Waals surface area contributed by atoms with Crippen LogP contribution in [0.1, 0.15) is 51.0 Å². The Morgan fingerprint density at radius 2 is 1.90 bits per heavy atom. The minimum atomic E-state index is 0. The van der Waals surface area contributed by atoms with E-state index in [9.17, 15) is 4.79 Å². The largest absolute Gasteiger partial charge is 0.357 e. The number of benzene rings is 1. The van der Waals surface area contributed by atoms with Crippen LogP contribution in [0.5, 0.6) is 0 Å². The summed E-state index contributed by atoms with van der Waals surface area (Å²) in [6.07, 6.45) is 7.47. The first-order valence-corrected chi connectivity index (χ1v) is 11.4. The molecule has 0 unspecified atom stereocenters. The van der Waals surface area contributed by atoms with E-state index in [2.05, 4.69) is 34.6 Å². The number of carbonyl (C=O) groups excluding carboxylic acids is 1. The van der Waals surface area contributed by atoms with Crippen LogP contribution in [-0.4, -0.2) is 61.6 Å². The van der Waals surface area contributed by atoms with E-state index in [-0.39, 0.29) is 29.9 Å². The number of guanidine groups is 1. The summed E-state index contributed by atoms with van der Waals surface area (Å²) in [6, 6.07) is 9.62. The molecule has 1 saturated heterocycles. The Morgan fingerprint density at radius 3 is 2.63 bits per heavy atom. The van der Waals surface area contributed by atoms with Crippen molar-refractivity contribution in [3.05, 3.63) is 29.8 Å². The van der Waals surface area contributed by atoms with Crippen molar-refractivity contribution < 1.29 is 4.79 Å². The number of hydrogen-bond acceptors (Lipinski definition) is 3. The van der Waals surface area contributed by atoms with Gasteiger partial charge in [0.1, 0.15) is 0 Å². The number of fused-ring (bicyclic) bond motifs is 1. The van der Waals surface area contributed by atoms with Crippen LogP contribution in [0.25, 0.3) is 0 Å². The molecular weight excluding hydrogens is 489 g/mol. The van der Waals surface area contributed by atoms with E-state index in [4.69, 9.17) is 4.99 Å². The number of piperidine rings is 1. The van der Waals surface area contributed by atoms with Gasteiger partial charge in [-0.2, -0.15) is 0 Å². The second-order valence-corrected chi connectivity index (χ2v) is 8.47. The molecule has 1 aromatic rings. The number of halogens is 1. The van der Waals surface area contributed by atoms with Crippen molar-refractivity contribution in [1.82, 2.24) is 15.5 Å². The van der Waals surface area contributed by atoms with E-state index in [0.717, 1.165) is 43.6 Å². The minimum absolute atomic E-state index is 0. The summed E-state index contributed by atoms with van der Waals surface area (Å²) in [6.45, 7) is 6.85. The van der Waals surface area contributed by atoms with Gasteiger partial charge < -0.3 is 20.4 Å². The normalized spacial score (nSPS) is 19.9. The first-order valence-electron chi connectivity index (χ1n) is 11.4. The highest BCUT2D eigenvalue weighted by atomic mass is 127. The summed E-state index contributed by atoms with van der Waals surface area (Å²) < 4.78 is 0. The van der Waals surface area contributed by atoms with E-state index in [1.807, 2.05) is 17.0 Å². The lowest BCUT2D eigenvalue weighted by atomic mass is 10.1. The number of likely N-dealkylation sites (tertiary alicyclic amines) is 1. The van der Waals surface area contributed by atoms with Crippen molar-refractivity contribution in [1.29, 1.82) is 0 Å². The number of carbonyl (C=O) groups is 1. The summed E-state index contributed by atoms with van der Waals surface area (Å²) in [5.41, 5.74) is 2.37. The first kappa shape index (κ1) is 23.3. The second kappa shape index (κ2) is 11.3. The smallest absolute Gasteiger partial charge is 0.227 e. The fraction of sp³-hybridized carbons (Fsp3) is 0.652. The van der Waals surface area contributed by atoms with Crippen LogP contribution in [0, 0.1) is 0 Å². The van der Waals surface area contributed by atoms with Crippen LogP contribution in [0.2, 0.25) is 0 Å². The number of hydrogen-bond donors (Lipinski definition) is 2. The number of anilines is 1. The topological polar surface area (TPSA) is 60.0 Å². The zero-order chi connectivity index (χ0) is 20.1. The Labute approximate surface area is 197 Å². The molecular formula is C23H36IN5O. The molecule has 2 fully saturated rings. The van der Waals surface area contributed by atoms with Gasteiger partial charge in [-0.15, -0.1) is 24.0 Å². The molecule has 2 aliphatic heterocycles. The number of rotatable bonds is 7. The molecule has 1 aliphatic carbocycles. The standard InChI is InChI=1S/C23H35N5O.HI/c1-2-24-23(26-19-12-15-27(16-13-19)20-9-10-20)25-14-5-8-22(29)28-17-11-18-6-3-4-7-21(18)28;/h3-4,6-7,19-20H,2,5,8-17H2,1H3,(H2,24,25,26);1H. The molecule has 0 atom stereocenters. The lowest BCUT2D eigenvalue weighted by Gasteiger charge is -2.33. The van der Waals surface area contributed by atoms with Crippen LogP contribution < -0.4 is 15.5 Å². The molecule has 7 heteroatoms. The van der Waals surface area contributed by atoms with Crippen molar-refractivity contribution in [2.24, 2.45) is 4.99 Å². The van der Waals surface area contributed by atoms with Crippen LogP contribution in [0.4, 0.5) is 5.69 Å². The maximum Gasteiger partial charge on any atom is 0.227 e. The number of aliphatic imine (C=N–C) groups is 1. The quantitative estimate of drug-likeness (QED) is 0.249. The van der Waals surface area contributed by atoms with Crippen LogP contribution >= 0.6 is 24.0 Å². The molecule has 166 valence electrons. The molecule has 0 bridgehead atoms. The number of nitrogens with zero attached hydrogens (tertiary/aromatic N) is 3. The summed E-state index contributed by atoms with van der Waals surface area (Å²) in [4.78, 5) is 21.9. The van der Waals surface area contributed by atoms with Gasteiger partial charge in [0.2, 0.25) is 5.91 Å². The second-order valence-electron chi connectivity index (χ2n) is 8.47. The molecule has 1 aromatic carbocycles. The van der Waals surface area contributed by atoms with Gasteiger partial charge in [0.15, 0.2) is 5.96 Å². The van der Waals surface area contributed by atoms with Gasteiger partial charge in [0, 0.05) is 56.9 Å². The van der Waals surface area contributed by atoms with Crippen molar-refractivity contribution in [2.45, 2.75) is 64.0 Å². The van der Waals surface area contributed by atoms with Crippen LogP contribution in [0.3, 0.4) is 0 Å². The Bertz CT molecular complexity index is 728. The average Bonchev–Trinajstić information content (AvgIpc) is 3.50. The Kier molecular flexibility index (Phi) is 8.80. The van der Waals surface area contributed by atoms with Gasteiger partial charge >= 0.3 is 0 Å². The van der Waals surface area contributed by atoms with Crippen molar-refractivity contribution >= 4 is 41.5 Å². The molecule has 1 amide bonds. The van der Waals surface area contributed by atoms with Gasteiger partial charge in [-0.05, 0) is 57.1 Å². The third kappa shape index (κ3) is 6.09. The monoisotopic (exact) mass is 525 g/mol. The minimum Gasteiger partial charge on any atom is -0.357 e. The Balaban J connectivity index is 0.00000256. The molecule has 3 aliphatic rings. The molecule has 0 aromatic heterocycles. The third-order valence-electron chi connectivity index (χ3n) is 6.28. The maximum atomic E-state index is 12.6. The van der Waals surface area contributed by atoms with Gasteiger partial charge in [0.25, 0.3) is 0 Å².